The van der Waals surface area contributed by atoms with Crippen molar-refractivity contribution in [1.82, 2.24) is 14.8 Å². The molecule has 0 fully saturated rings. The van der Waals surface area contributed by atoms with Gasteiger partial charge in [0.2, 0.25) is 5.91 Å². The zero-order valence-corrected chi connectivity index (χ0v) is 13.5. The van der Waals surface area contributed by atoms with E-state index in [1.165, 1.54) is 6.33 Å². The monoisotopic (exact) mass is 332 g/mol. The minimum absolute atomic E-state index is 0.256. The van der Waals surface area contributed by atoms with Crippen molar-refractivity contribution in [2.24, 2.45) is 5.11 Å². The van der Waals surface area contributed by atoms with Crippen molar-refractivity contribution in [3.63, 3.8) is 0 Å². The van der Waals surface area contributed by atoms with Gasteiger partial charge in [-0.25, -0.2) is 4.98 Å². The van der Waals surface area contributed by atoms with Crippen LogP contribution >= 0.6 is 11.6 Å². The predicted octanol–water partition coefficient (Wildman–Crippen LogP) is 3.90. The number of hydrogen-bond donors (Lipinski definition) is 0. The second-order valence-electron chi connectivity index (χ2n) is 5.28. The molecule has 0 saturated heterocycles. The average Bonchev–Trinajstić information content (AvgIpc) is 3.05. The fraction of sp³-hybridized carbons (Fsp3) is 0.400. The van der Waals surface area contributed by atoms with Crippen LogP contribution in [0.1, 0.15) is 31.7 Å². The maximum atomic E-state index is 12.7. The van der Waals surface area contributed by atoms with Crippen LogP contribution in [0.3, 0.4) is 0 Å². The van der Waals surface area contributed by atoms with Crippen LogP contribution < -0.4 is 0 Å². The summed E-state index contributed by atoms with van der Waals surface area (Å²) >= 11 is 5.96. The van der Waals surface area contributed by atoms with E-state index in [4.69, 9.17) is 17.1 Å². The van der Waals surface area contributed by atoms with E-state index < -0.39 is 11.3 Å². The molecule has 0 saturated carbocycles. The molecule has 0 aliphatic rings. The number of unbranched alkanes of at least 4 members (excludes halogenated alkanes) is 1. The third-order valence-electron chi connectivity index (χ3n) is 3.80. The summed E-state index contributed by atoms with van der Waals surface area (Å²) in [5.41, 5.74) is 8.49. The lowest BCUT2D eigenvalue weighted by molar-refractivity contribution is -0.124. The van der Waals surface area contributed by atoms with Gasteiger partial charge in [0.25, 0.3) is 0 Å². The van der Waals surface area contributed by atoms with Gasteiger partial charge in [-0.1, -0.05) is 43.5 Å². The smallest absolute Gasteiger partial charge is 0.231 e. The number of azide groups is 1. The van der Waals surface area contributed by atoms with Gasteiger partial charge in [0, 0.05) is 9.93 Å². The van der Waals surface area contributed by atoms with Crippen LogP contribution in [0, 0.1) is 0 Å². The summed E-state index contributed by atoms with van der Waals surface area (Å²) in [7, 11) is 0. The molecule has 0 radical (unpaired) electrons. The number of aromatic nitrogens is 3. The number of halogens is 1. The van der Waals surface area contributed by atoms with Crippen molar-refractivity contribution in [2.45, 2.75) is 38.1 Å². The van der Waals surface area contributed by atoms with Crippen LogP contribution in [0.25, 0.3) is 10.4 Å². The fourth-order valence-corrected chi connectivity index (χ4v) is 2.71. The normalized spacial score (nSPS) is 13.1. The van der Waals surface area contributed by atoms with Crippen LogP contribution in [-0.4, -0.2) is 20.7 Å². The first-order valence-corrected chi connectivity index (χ1v) is 7.68. The van der Waals surface area contributed by atoms with Crippen LogP contribution in [-0.2, 0) is 16.8 Å². The van der Waals surface area contributed by atoms with Gasteiger partial charge in [0.1, 0.15) is 12.7 Å². The van der Waals surface area contributed by atoms with Crippen molar-refractivity contribution in [2.75, 3.05) is 0 Å². The highest BCUT2D eigenvalue weighted by molar-refractivity contribution is 6.30. The lowest BCUT2D eigenvalue weighted by Gasteiger charge is -2.31. The van der Waals surface area contributed by atoms with E-state index >= 15 is 0 Å². The molecule has 7 nitrogen and oxygen atoms in total. The first-order valence-electron chi connectivity index (χ1n) is 7.30. The van der Waals surface area contributed by atoms with Crippen molar-refractivity contribution < 1.29 is 4.79 Å². The Kier molecular flexibility index (Phi) is 5.73. The lowest BCUT2D eigenvalue weighted by Crippen LogP contribution is -2.39. The third kappa shape index (κ3) is 3.88. The van der Waals surface area contributed by atoms with Gasteiger partial charge in [-0.05, 0) is 34.8 Å². The van der Waals surface area contributed by atoms with Gasteiger partial charge >= 0.3 is 0 Å². The van der Waals surface area contributed by atoms with Crippen molar-refractivity contribution in [3.05, 3.63) is 57.9 Å². The predicted molar refractivity (Wildman–Crippen MR) is 86.8 cm³/mol. The summed E-state index contributed by atoms with van der Waals surface area (Å²) in [5.74, 6) is -0.522. The maximum absolute atomic E-state index is 12.7. The Bertz CT molecular complexity index is 693. The molecule has 2 aromatic rings. The van der Waals surface area contributed by atoms with Gasteiger partial charge in [-0.3, -0.25) is 9.48 Å². The number of amides is 1. The number of benzene rings is 1. The quantitative estimate of drug-likeness (QED) is 0.437. The fourth-order valence-electron chi connectivity index (χ4n) is 2.59. The summed E-state index contributed by atoms with van der Waals surface area (Å²) in [6, 6.07) is 7.03. The van der Waals surface area contributed by atoms with Gasteiger partial charge in [0.15, 0.2) is 0 Å². The van der Waals surface area contributed by atoms with Gasteiger partial charge in [-0.15, -0.1) is 0 Å². The van der Waals surface area contributed by atoms with E-state index in [0.29, 0.717) is 11.4 Å². The lowest BCUT2D eigenvalue weighted by atomic mass is 9.75. The standard InChI is InChI=1S/C15H17ClN6O/c1-2-3-8-15(14(23)20-21-17,9-22-11-18-10-19-22)12-4-6-13(16)7-5-12/h4-7,10-11H,2-3,8-9H2,1H3. The van der Waals surface area contributed by atoms with Crippen LogP contribution in [0.2, 0.25) is 5.02 Å². The Balaban J connectivity index is 2.53. The van der Waals surface area contributed by atoms with Crippen molar-refractivity contribution >= 4 is 17.5 Å². The largest absolute Gasteiger partial charge is 0.292 e. The van der Waals surface area contributed by atoms with E-state index in [1.54, 1.807) is 35.3 Å². The third-order valence-corrected chi connectivity index (χ3v) is 4.05. The van der Waals surface area contributed by atoms with E-state index in [0.717, 1.165) is 18.4 Å². The molecular weight excluding hydrogens is 316 g/mol. The molecular formula is C15H17ClN6O. The Morgan fingerprint density at radius 2 is 2.17 bits per heavy atom. The molecule has 0 N–H and O–H groups in total. The molecule has 8 heteroatoms. The second-order valence-corrected chi connectivity index (χ2v) is 5.72. The Morgan fingerprint density at radius 1 is 1.43 bits per heavy atom. The minimum Gasteiger partial charge on any atom is -0.292 e. The highest BCUT2D eigenvalue weighted by Crippen LogP contribution is 2.34. The number of carbonyl (C=O) groups excluding carboxylic acids is 1. The van der Waals surface area contributed by atoms with E-state index in [1.807, 2.05) is 6.92 Å². The molecule has 0 spiro atoms. The molecule has 2 rings (SSSR count). The van der Waals surface area contributed by atoms with Crippen LogP contribution in [0.15, 0.2) is 42.0 Å². The highest BCUT2D eigenvalue weighted by Gasteiger charge is 2.39. The SMILES string of the molecule is CCCCC(Cn1cncn1)(C(=O)N=[N+]=[N-])c1ccc(Cl)cc1. The average molecular weight is 333 g/mol. The highest BCUT2D eigenvalue weighted by atomic mass is 35.5. The number of rotatable bonds is 7. The number of hydrogen-bond acceptors (Lipinski definition) is 3. The molecule has 0 aliphatic carbocycles. The molecule has 1 aromatic heterocycles. The zero-order chi connectivity index (χ0) is 16.7. The molecule has 1 aromatic carbocycles. The summed E-state index contributed by atoms with van der Waals surface area (Å²) in [6.45, 7) is 2.30. The topological polar surface area (TPSA) is 96.5 Å². The Hall–Kier alpha value is -2.37. The van der Waals surface area contributed by atoms with Gasteiger partial charge in [-0.2, -0.15) is 5.10 Å². The summed E-state index contributed by atoms with van der Waals surface area (Å²) in [6.07, 6.45) is 5.22. The van der Waals surface area contributed by atoms with Gasteiger partial charge in [0.05, 0.1) is 12.0 Å². The molecule has 1 unspecified atom stereocenters. The molecule has 120 valence electrons. The molecule has 0 aliphatic heterocycles. The first kappa shape index (κ1) is 17.0. The van der Waals surface area contributed by atoms with Crippen LogP contribution in [0.4, 0.5) is 0 Å². The maximum Gasteiger partial charge on any atom is 0.231 e. The molecule has 0 bridgehead atoms. The first-order chi connectivity index (χ1) is 11.1. The molecule has 1 atom stereocenters. The summed E-state index contributed by atoms with van der Waals surface area (Å²) in [5, 5.41) is 8.04. The van der Waals surface area contributed by atoms with E-state index in [2.05, 4.69) is 20.1 Å². The van der Waals surface area contributed by atoms with E-state index in [9.17, 15) is 4.79 Å². The summed E-state index contributed by atoms with van der Waals surface area (Å²) < 4.78 is 1.58. The van der Waals surface area contributed by atoms with Gasteiger partial charge < -0.3 is 0 Å². The molecule has 1 heterocycles. The van der Waals surface area contributed by atoms with Crippen molar-refractivity contribution in [3.8, 4) is 0 Å². The second kappa shape index (κ2) is 7.76. The molecule has 1 amide bonds. The summed E-state index contributed by atoms with van der Waals surface area (Å²) in [4.78, 5) is 19.3. The van der Waals surface area contributed by atoms with Crippen molar-refractivity contribution in [1.29, 1.82) is 0 Å². The zero-order valence-electron chi connectivity index (χ0n) is 12.8. The van der Waals surface area contributed by atoms with E-state index in [-0.39, 0.29) is 6.54 Å². The number of carbonyl (C=O) groups is 1. The van der Waals surface area contributed by atoms with Crippen LogP contribution in [0.5, 0.6) is 0 Å². The Labute approximate surface area is 138 Å². The molecule has 23 heavy (non-hydrogen) atoms. The Morgan fingerprint density at radius 3 is 2.74 bits per heavy atom. The minimum atomic E-state index is -0.986. The number of nitrogens with zero attached hydrogens (tertiary/aromatic N) is 6.